The van der Waals surface area contributed by atoms with Gasteiger partial charge in [0.2, 0.25) is 0 Å². The third-order valence-corrected chi connectivity index (χ3v) is 4.34. The molecule has 0 saturated carbocycles. The van der Waals surface area contributed by atoms with Gasteiger partial charge in [0.15, 0.2) is 0 Å². The second-order valence-corrected chi connectivity index (χ2v) is 6.09. The minimum atomic E-state index is -0.153. The maximum Gasteiger partial charge on any atom is 0.258 e. The first-order valence-electron chi connectivity index (χ1n) is 8.92. The van der Waals surface area contributed by atoms with Gasteiger partial charge in [-0.25, -0.2) is 0 Å². The van der Waals surface area contributed by atoms with E-state index in [1.807, 2.05) is 54.6 Å². The lowest BCUT2D eigenvalue weighted by molar-refractivity contribution is 0.102. The summed E-state index contributed by atoms with van der Waals surface area (Å²) >= 11 is 0. The van der Waals surface area contributed by atoms with Gasteiger partial charge in [-0.3, -0.25) is 9.48 Å². The summed E-state index contributed by atoms with van der Waals surface area (Å²) in [6.07, 6.45) is 3.37. The van der Waals surface area contributed by atoms with E-state index in [9.17, 15) is 4.79 Å². The number of benzene rings is 2. The van der Waals surface area contributed by atoms with Crippen LogP contribution in [-0.4, -0.2) is 28.8 Å². The van der Waals surface area contributed by atoms with Crippen molar-refractivity contribution in [2.24, 2.45) is 0 Å². The van der Waals surface area contributed by atoms with E-state index in [1.165, 1.54) is 0 Å². The average molecular weight is 348 g/mol. The molecule has 0 aliphatic carbocycles. The van der Waals surface area contributed by atoms with E-state index in [0.717, 1.165) is 30.0 Å². The topological polar surface area (TPSA) is 50.2 Å². The molecule has 0 atom stereocenters. The Balaban J connectivity index is 1.63. The van der Waals surface area contributed by atoms with Crippen LogP contribution >= 0.6 is 0 Å². The first-order chi connectivity index (χ1) is 12.7. The summed E-state index contributed by atoms with van der Waals surface area (Å²) in [6.45, 7) is 6.83. The maximum absolute atomic E-state index is 12.4. The first-order valence-corrected chi connectivity index (χ1v) is 8.92. The van der Waals surface area contributed by atoms with Gasteiger partial charge in [-0.15, -0.1) is 0 Å². The number of amides is 1. The van der Waals surface area contributed by atoms with Crippen LogP contribution < -0.4 is 10.2 Å². The molecule has 5 heteroatoms. The number of hydrogen-bond acceptors (Lipinski definition) is 3. The zero-order valence-corrected chi connectivity index (χ0v) is 15.2. The average Bonchev–Trinajstić information content (AvgIpc) is 3.13. The molecule has 3 aromatic rings. The number of nitrogens with one attached hydrogen (secondary N) is 1. The Morgan fingerprint density at radius 2 is 1.73 bits per heavy atom. The van der Waals surface area contributed by atoms with E-state index in [0.29, 0.717) is 12.1 Å². The van der Waals surface area contributed by atoms with Crippen LogP contribution in [0.1, 0.15) is 29.8 Å². The van der Waals surface area contributed by atoms with Crippen molar-refractivity contribution in [2.75, 3.05) is 23.3 Å². The molecule has 0 bridgehead atoms. The first kappa shape index (κ1) is 17.7. The van der Waals surface area contributed by atoms with Crippen molar-refractivity contribution >= 4 is 17.3 Å². The number of rotatable bonds is 7. The Morgan fingerprint density at radius 1 is 1.04 bits per heavy atom. The highest BCUT2D eigenvalue weighted by Gasteiger charge is 2.10. The minimum absolute atomic E-state index is 0.153. The van der Waals surface area contributed by atoms with Crippen molar-refractivity contribution in [1.82, 2.24) is 9.78 Å². The van der Waals surface area contributed by atoms with Crippen molar-refractivity contribution in [2.45, 2.75) is 20.4 Å². The third-order valence-electron chi connectivity index (χ3n) is 4.34. The fraction of sp³-hybridized carbons (Fsp3) is 0.238. The van der Waals surface area contributed by atoms with Gasteiger partial charge in [-0.1, -0.05) is 30.3 Å². The summed E-state index contributed by atoms with van der Waals surface area (Å²) < 4.78 is 1.77. The molecule has 0 unspecified atom stereocenters. The lowest BCUT2D eigenvalue weighted by Crippen LogP contribution is -2.21. The van der Waals surface area contributed by atoms with E-state index in [1.54, 1.807) is 17.1 Å². The molecule has 1 N–H and O–H groups in total. The van der Waals surface area contributed by atoms with E-state index >= 15 is 0 Å². The Labute approximate surface area is 154 Å². The summed E-state index contributed by atoms with van der Waals surface area (Å²) in [5, 5.41) is 7.21. The highest BCUT2D eigenvalue weighted by atomic mass is 16.1. The molecule has 2 aromatic carbocycles. The summed E-state index contributed by atoms with van der Waals surface area (Å²) in [4.78, 5) is 14.7. The van der Waals surface area contributed by atoms with E-state index in [-0.39, 0.29) is 5.91 Å². The molecule has 1 amide bonds. The van der Waals surface area contributed by atoms with Crippen LogP contribution in [0.25, 0.3) is 0 Å². The van der Waals surface area contributed by atoms with E-state index < -0.39 is 0 Å². The molecule has 26 heavy (non-hydrogen) atoms. The fourth-order valence-corrected chi connectivity index (χ4v) is 2.89. The molecule has 0 radical (unpaired) electrons. The largest absolute Gasteiger partial charge is 0.372 e. The Bertz CT molecular complexity index is 836. The van der Waals surface area contributed by atoms with Crippen LogP contribution in [0.3, 0.4) is 0 Å². The van der Waals surface area contributed by atoms with Crippen molar-refractivity contribution < 1.29 is 4.79 Å². The summed E-state index contributed by atoms with van der Waals surface area (Å²) in [5.41, 5.74) is 3.63. The minimum Gasteiger partial charge on any atom is -0.372 e. The van der Waals surface area contributed by atoms with Gasteiger partial charge in [-0.05, 0) is 43.7 Å². The zero-order chi connectivity index (χ0) is 18.4. The van der Waals surface area contributed by atoms with Crippen molar-refractivity contribution in [1.29, 1.82) is 0 Å². The second kappa shape index (κ2) is 8.34. The van der Waals surface area contributed by atoms with Crippen LogP contribution in [0.15, 0.2) is 67.0 Å². The normalized spacial score (nSPS) is 10.5. The van der Waals surface area contributed by atoms with Crippen LogP contribution in [0, 0.1) is 0 Å². The van der Waals surface area contributed by atoms with Crippen LogP contribution in [0.5, 0.6) is 0 Å². The molecule has 0 aliphatic rings. The predicted molar refractivity (Wildman–Crippen MR) is 106 cm³/mol. The van der Waals surface area contributed by atoms with Gasteiger partial charge in [0.1, 0.15) is 0 Å². The van der Waals surface area contributed by atoms with E-state index in [2.05, 4.69) is 29.2 Å². The highest BCUT2D eigenvalue weighted by Crippen LogP contribution is 2.18. The van der Waals surface area contributed by atoms with Gasteiger partial charge < -0.3 is 10.2 Å². The summed E-state index contributed by atoms with van der Waals surface area (Å²) in [5.74, 6) is -0.153. The summed E-state index contributed by atoms with van der Waals surface area (Å²) in [6, 6.07) is 18.0. The molecule has 1 heterocycles. The molecule has 0 spiro atoms. The Kier molecular flexibility index (Phi) is 5.69. The number of aromatic nitrogens is 2. The van der Waals surface area contributed by atoms with Crippen LogP contribution in [0.2, 0.25) is 0 Å². The molecule has 0 fully saturated rings. The third kappa shape index (κ3) is 4.30. The van der Waals surface area contributed by atoms with Gasteiger partial charge in [0.05, 0.1) is 18.3 Å². The molecule has 5 nitrogen and oxygen atoms in total. The number of carbonyl (C=O) groups excluding carboxylic acids is 1. The van der Waals surface area contributed by atoms with E-state index in [4.69, 9.17) is 0 Å². The maximum atomic E-state index is 12.4. The molecule has 0 saturated heterocycles. The summed E-state index contributed by atoms with van der Waals surface area (Å²) in [7, 11) is 0. The number of nitrogens with zero attached hydrogens (tertiary/aromatic N) is 3. The lowest BCUT2D eigenvalue weighted by Gasteiger charge is -2.21. The van der Waals surface area contributed by atoms with Crippen molar-refractivity contribution in [3.63, 3.8) is 0 Å². The Morgan fingerprint density at radius 3 is 2.38 bits per heavy atom. The second-order valence-electron chi connectivity index (χ2n) is 6.09. The molecule has 1 aromatic heterocycles. The molecular formula is C21H24N4O. The molecule has 0 aliphatic heterocycles. The van der Waals surface area contributed by atoms with Gasteiger partial charge >= 0.3 is 0 Å². The standard InChI is InChI=1S/C21H24N4O/c1-3-24(4-2)20-12-10-19(11-13-20)23-21(26)18-14-22-25(16-18)15-17-8-6-5-7-9-17/h5-14,16H,3-4,15H2,1-2H3,(H,23,26). The molecule has 134 valence electrons. The van der Waals surface area contributed by atoms with Crippen molar-refractivity contribution in [3.8, 4) is 0 Å². The number of hydrogen-bond donors (Lipinski definition) is 1. The van der Waals surface area contributed by atoms with Crippen LogP contribution in [0.4, 0.5) is 11.4 Å². The van der Waals surface area contributed by atoms with Gasteiger partial charge in [0, 0.05) is 30.7 Å². The number of carbonyl (C=O) groups is 1. The quantitative estimate of drug-likeness (QED) is 0.701. The SMILES string of the molecule is CCN(CC)c1ccc(NC(=O)c2cnn(Cc3ccccc3)c2)cc1. The highest BCUT2D eigenvalue weighted by molar-refractivity contribution is 6.04. The fourth-order valence-electron chi connectivity index (χ4n) is 2.89. The Hall–Kier alpha value is -3.08. The van der Waals surface area contributed by atoms with Gasteiger partial charge in [0.25, 0.3) is 5.91 Å². The van der Waals surface area contributed by atoms with Crippen LogP contribution in [-0.2, 0) is 6.54 Å². The molecule has 3 rings (SSSR count). The lowest BCUT2D eigenvalue weighted by atomic mass is 10.2. The smallest absolute Gasteiger partial charge is 0.258 e. The van der Waals surface area contributed by atoms with Crippen molar-refractivity contribution in [3.05, 3.63) is 78.1 Å². The van der Waals surface area contributed by atoms with Gasteiger partial charge in [-0.2, -0.15) is 5.10 Å². The monoisotopic (exact) mass is 348 g/mol. The number of anilines is 2. The zero-order valence-electron chi connectivity index (χ0n) is 15.2. The predicted octanol–water partition coefficient (Wildman–Crippen LogP) is 4.03. The molecular weight excluding hydrogens is 324 g/mol.